The van der Waals surface area contributed by atoms with Crippen LogP contribution in [-0.2, 0) is 16.1 Å². The first kappa shape index (κ1) is 13.6. The van der Waals surface area contributed by atoms with Gasteiger partial charge in [-0.05, 0) is 12.8 Å². The van der Waals surface area contributed by atoms with Crippen LogP contribution >= 0.6 is 0 Å². The van der Waals surface area contributed by atoms with E-state index >= 15 is 0 Å². The van der Waals surface area contributed by atoms with Gasteiger partial charge in [0.05, 0.1) is 5.92 Å². The number of rotatable bonds is 4. The summed E-state index contributed by atoms with van der Waals surface area (Å²) in [5.41, 5.74) is 5.45. The molecule has 6 heteroatoms. The van der Waals surface area contributed by atoms with Crippen molar-refractivity contribution in [3.63, 3.8) is 0 Å². The van der Waals surface area contributed by atoms with Gasteiger partial charge in [0, 0.05) is 6.92 Å². The lowest BCUT2D eigenvalue weighted by atomic mass is 9.89. The van der Waals surface area contributed by atoms with Crippen molar-refractivity contribution in [3.05, 3.63) is 17.3 Å². The monoisotopic (exact) mass is 266 g/mol. The zero-order chi connectivity index (χ0) is 13.8. The molecule has 0 unspecified atom stereocenters. The maximum absolute atomic E-state index is 11.9. The highest BCUT2D eigenvalue weighted by Crippen LogP contribution is 2.25. The van der Waals surface area contributed by atoms with E-state index in [-0.39, 0.29) is 29.9 Å². The number of aromatic nitrogens is 1. The van der Waals surface area contributed by atoms with Gasteiger partial charge in [-0.15, -0.1) is 0 Å². The zero-order valence-corrected chi connectivity index (χ0v) is 11.0. The van der Waals surface area contributed by atoms with Gasteiger partial charge in [0.15, 0.2) is 5.89 Å². The molecule has 0 bridgehead atoms. The Balaban J connectivity index is 1.94. The molecule has 0 saturated heterocycles. The number of aryl methyl sites for hydroxylation is 1. The van der Waals surface area contributed by atoms with E-state index in [1.807, 2.05) is 0 Å². The van der Waals surface area contributed by atoms with E-state index in [2.05, 4.69) is 4.98 Å². The molecule has 19 heavy (non-hydrogen) atoms. The molecule has 6 nitrogen and oxygen atoms in total. The molecule has 1 saturated carbocycles. The molecule has 1 aromatic heterocycles. The summed E-state index contributed by atoms with van der Waals surface area (Å²) in [6, 6.07) is 0. The number of nitrogens with zero attached hydrogens (tertiary/aromatic N) is 1. The fourth-order valence-corrected chi connectivity index (χ4v) is 2.36. The fraction of sp³-hybridized carbons (Fsp3) is 0.615. The number of amides is 1. The molecule has 1 heterocycles. The zero-order valence-electron chi connectivity index (χ0n) is 11.0. The second kappa shape index (κ2) is 5.86. The number of ether oxygens (including phenoxy) is 1. The molecular weight excluding hydrogens is 248 g/mol. The third kappa shape index (κ3) is 3.33. The molecule has 0 atom stereocenters. The predicted molar refractivity (Wildman–Crippen MR) is 66.1 cm³/mol. The topological polar surface area (TPSA) is 95.4 Å². The van der Waals surface area contributed by atoms with Crippen molar-refractivity contribution in [1.82, 2.24) is 4.98 Å². The van der Waals surface area contributed by atoms with Gasteiger partial charge in [0.25, 0.3) is 5.91 Å². The number of hydrogen-bond acceptors (Lipinski definition) is 5. The summed E-state index contributed by atoms with van der Waals surface area (Å²) in [6.45, 7) is 1.55. The number of oxazole rings is 1. The molecule has 104 valence electrons. The van der Waals surface area contributed by atoms with Crippen LogP contribution in [0.15, 0.2) is 4.42 Å². The van der Waals surface area contributed by atoms with E-state index < -0.39 is 5.91 Å². The molecule has 1 aromatic rings. The molecule has 0 aliphatic heterocycles. The summed E-state index contributed by atoms with van der Waals surface area (Å²) in [5.74, 6) is -0.662. The summed E-state index contributed by atoms with van der Waals surface area (Å²) in [6.07, 6.45) is 5.06. The van der Waals surface area contributed by atoms with Crippen molar-refractivity contribution in [1.29, 1.82) is 0 Å². The van der Waals surface area contributed by atoms with Crippen LogP contribution in [-0.4, -0.2) is 16.9 Å². The first-order chi connectivity index (χ1) is 9.08. The van der Waals surface area contributed by atoms with Crippen molar-refractivity contribution in [2.75, 3.05) is 0 Å². The van der Waals surface area contributed by atoms with Crippen LogP contribution < -0.4 is 5.73 Å². The van der Waals surface area contributed by atoms with E-state index in [9.17, 15) is 9.59 Å². The smallest absolute Gasteiger partial charge is 0.309 e. The normalized spacial score (nSPS) is 16.3. The lowest BCUT2D eigenvalue weighted by Crippen LogP contribution is -2.21. The van der Waals surface area contributed by atoms with E-state index in [1.165, 1.54) is 6.42 Å². The minimum atomic E-state index is -0.704. The van der Waals surface area contributed by atoms with Gasteiger partial charge < -0.3 is 14.9 Å². The van der Waals surface area contributed by atoms with E-state index in [1.54, 1.807) is 6.92 Å². The minimum absolute atomic E-state index is 0.0289. The van der Waals surface area contributed by atoms with E-state index in [4.69, 9.17) is 14.9 Å². The Labute approximate surface area is 111 Å². The van der Waals surface area contributed by atoms with Gasteiger partial charge in [0.1, 0.15) is 12.3 Å². The Morgan fingerprint density at radius 2 is 2.05 bits per heavy atom. The summed E-state index contributed by atoms with van der Waals surface area (Å²) in [7, 11) is 0. The Hall–Kier alpha value is -1.85. The third-order valence-corrected chi connectivity index (χ3v) is 3.32. The number of carbonyl (C=O) groups excluding carboxylic acids is 2. The predicted octanol–water partition coefficient (Wildman–Crippen LogP) is 1.71. The van der Waals surface area contributed by atoms with Crippen molar-refractivity contribution >= 4 is 11.9 Å². The molecule has 1 aliphatic carbocycles. The van der Waals surface area contributed by atoms with Gasteiger partial charge in [-0.1, -0.05) is 19.3 Å². The van der Waals surface area contributed by atoms with Gasteiger partial charge >= 0.3 is 5.97 Å². The molecule has 0 spiro atoms. The average molecular weight is 266 g/mol. The number of hydrogen-bond donors (Lipinski definition) is 1. The van der Waals surface area contributed by atoms with Gasteiger partial charge in [0.2, 0.25) is 5.76 Å². The molecule has 2 N–H and O–H groups in total. The number of esters is 1. The number of nitrogens with two attached hydrogens (primary N) is 1. The third-order valence-electron chi connectivity index (χ3n) is 3.32. The average Bonchev–Trinajstić information content (AvgIpc) is 2.78. The van der Waals surface area contributed by atoms with Gasteiger partial charge in [-0.25, -0.2) is 4.98 Å². The van der Waals surface area contributed by atoms with Crippen molar-refractivity contribution in [2.45, 2.75) is 45.6 Å². The Morgan fingerprint density at radius 1 is 1.37 bits per heavy atom. The molecule has 1 amide bonds. The molecule has 0 radical (unpaired) electrons. The second-order valence-electron chi connectivity index (χ2n) is 4.82. The van der Waals surface area contributed by atoms with Crippen molar-refractivity contribution in [2.24, 2.45) is 11.7 Å². The Kier molecular flexibility index (Phi) is 4.19. The summed E-state index contributed by atoms with van der Waals surface area (Å²) in [5, 5.41) is 0. The highest BCUT2D eigenvalue weighted by atomic mass is 16.5. The molecule has 1 fully saturated rings. The van der Waals surface area contributed by atoms with Crippen LogP contribution in [0.4, 0.5) is 0 Å². The van der Waals surface area contributed by atoms with E-state index in [0.717, 1.165) is 25.7 Å². The fourth-order valence-electron chi connectivity index (χ4n) is 2.36. The SMILES string of the molecule is Cc1nc(COC(=O)C2CCCCC2)c(C(N)=O)o1. The standard InChI is InChI=1S/C13H18N2O4/c1-8-15-10(11(19-8)12(14)16)7-18-13(17)9-5-3-2-4-6-9/h9H,2-7H2,1H3,(H2,14,16). The van der Waals surface area contributed by atoms with Crippen molar-refractivity contribution < 1.29 is 18.7 Å². The first-order valence-electron chi connectivity index (χ1n) is 6.50. The first-order valence-corrected chi connectivity index (χ1v) is 6.50. The lowest BCUT2D eigenvalue weighted by molar-refractivity contribution is -0.151. The van der Waals surface area contributed by atoms with Crippen LogP contribution in [0.3, 0.4) is 0 Å². The highest BCUT2D eigenvalue weighted by Gasteiger charge is 2.24. The molecule has 1 aliphatic rings. The Bertz CT molecular complexity index is 475. The quantitative estimate of drug-likeness (QED) is 0.837. The van der Waals surface area contributed by atoms with E-state index in [0.29, 0.717) is 5.89 Å². The highest BCUT2D eigenvalue weighted by molar-refractivity contribution is 5.91. The summed E-state index contributed by atoms with van der Waals surface area (Å²) in [4.78, 5) is 27.0. The van der Waals surface area contributed by atoms with Crippen LogP contribution in [0.2, 0.25) is 0 Å². The lowest BCUT2D eigenvalue weighted by Gasteiger charge is -2.19. The minimum Gasteiger partial charge on any atom is -0.459 e. The molecular formula is C13H18N2O4. The largest absolute Gasteiger partial charge is 0.459 e. The number of primary amides is 1. The Morgan fingerprint density at radius 3 is 2.68 bits per heavy atom. The number of carbonyl (C=O) groups is 2. The van der Waals surface area contributed by atoms with Crippen LogP contribution in [0.25, 0.3) is 0 Å². The van der Waals surface area contributed by atoms with Crippen LogP contribution in [0.1, 0.15) is 54.2 Å². The maximum Gasteiger partial charge on any atom is 0.309 e. The maximum atomic E-state index is 11.9. The van der Waals surface area contributed by atoms with Gasteiger partial charge in [-0.2, -0.15) is 0 Å². The van der Waals surface area contributed by atoms with Crippen LogP contribution in [0.5, 0.6) is 0 Å². The molecule has 2 rings (SSSR count). The van der Waals surface area contributed by atoms with Crippen LogP contribution in [0, 0.1) is 12.8 Å². The summed E-state index contributed by atoms with van der Waals surface area (Å²) < 4.78 is 10.3. The van der Waals surface area contributed by atoms with Crippen molar-refractivity contribution in [3.8, 4) is 0 Å². The second-order valence-corrected chi connectivity index (χ2v) is 4.82. The van der Waals surface area contributed by atoms with Gasteiger partial charge in [-0.3, -0.25) is 9.59 Å². The molecule has 0 aromatic carbocycles. The summed E-state index contributed by atoms with van der Waals surface area (Å²) >= 11 is 0.